The fraction of sp³-hybridized carbons (Fsp3) is 0.273. The standard InChI is InChI=1S/C11H12O2/c1-2-3-7-13-11-6-4-5-10(8-11)9-12/h4-6,8,12H,7,9H2,1H3. The van der Waals surface area contributed by atoms with Gasteiger partial charge in [0, 0.05) is 0 Å². The van der Waals surface area contributed by atoms with E-state index in [0.717, 1.165) is 11.3 Å². The van der Waals surface area contributed by atoms with Gasteiger partial charge in [0.1, 0.15) is 12.4 Å². The minimum atomic E-state index is 0.0383. The van der Waals surface area contributed by atoms with Crippen LogP contribution in [0.4, 0.5) is 0 Å². The molecule has 0 saturated carbocycles. The predicted molar refractivity (Wildman–Crippen MR) is 51.3 cm³/mol. The van der Waals surface area contributed by atoms with E-state index in [2.05, 4.69) is 11.8 Å². The summed E-state index contributed by atoms with van der Waals surface area (Å²) < 4.78 is 5.30. The largest absolute Gasteiger partial charge is 0.481 e. The summed E-state index contributed by atoms with van der Waals surface area (Å²) in [5.74, 6) is 6.29. The third-order valence-corrected chi connectivity index (χ3v) is 1.57. The van der Waals surface area contributed by atoms with E-state index in [9.17, 15) is 0 Å². The van der Waals surface area contributed by atoms with Crippen molar-refractivity contribution in [3.05, 3.63) is 29.8 Å². The van der Waals surface area contributed by atoms with Gasteiger partial charge in [-0.15, -0.1) is 5.92 Å². The highest BCUT2D eigenvalue weighted by Gasteiger charge is 1.93. The third-order valence-electron chi connectivity index (χ3n) is 1.57. The molecule has 0 aromatic heterocycles. The molecule has 0 heterocycles. The summed E-state index contributed by atoms with van der Waals surface area (Å²) in [7, 11) is 0. The first-order valence-corrected chi connectivity index (χ1v) is 4.09. The van der Waals surface area contributed by atoms with Crippen molar-refractivity contribution >= 4 is 0 Å². The van der Waals surface area contributed by atoms with Crippen LogP contribution in [0.25, 0.3) is 0 Å². The molecule has 0 saturated heterocycles. The number of aliphatic hydroxyl groups is 1. The maximum atomic E-state index is 8.85. The molecular formula is C11H12O2. The van der Waals surface area contributed by atoms with Gasteiger partial charge < -0.3 is 9.84 Å². The van der Waals surface area contributed by atoms with E-state index in [1.54, 1.807) is 13.0 Å². The minimum Gasteiger partial charge on any atom is -0.481 e. The Hall–Kier alpha value is -1.46. The van der Waals surface area contributed by atoms with E-state index in [1.165, 1.54) is 0 Å². The highest BCUT2D eigenvalue weighted by Crippen LogP contribution is 2.12. The highest BCUT2D eigenvalue weighted by molar-refractivity contribution is 5.28. The van der Waals surface area contributed by atoms with Crippen molar-refractivity contribution < 1.29 is 9.84 Å². The lowest BCUT2D eigenvalue weighted by Gasteiger charge is -2.02. The zero-order valence-electron chi connectivity index (χ0n) is 7.58. The lowest BCUT2D eigenvalue weighted by atomic mass is 10.2. The van der Waals surface area contributed by atoms with Gasteiger partial charge in [-0.3, -0.25) is 0 Å². The monoisotopic (exact) mass is 176 g/mol. The van der Waals surface area contributed by atoms with Crippen molar-refractivity contribution in [1.29, 1.82) is 0 Å². The molecule has 13 heavy (non-hydrogen) atoms. The van der Waals surface area contributed by atoms with Gasteiger partial charge in [0.2, 0.25) is 0 Å². The van der Waals surface area contributed by atoms with Crippen LogP contribution in [0, 0.1) is 11.8 Å². The van der Waals surface area contributed by atoms with Crippen LogP contribution in [0.1, 0.15) is 12.5 Å². The Morgan fingerprint density at radius 3 is 3.00 bits per heavy atom. The Morgan fingerprint density at radius 2 is 2.31 bits per heavy atom. The van der Waals surface area contributed by atoms with E-state index in [1.807, 2.05) is 18.2 Å². The molecular weight excluding hydrogens is 164 g/mol. The Kier molecular flexibility index (Phi) is 3.87. The van der Waals surface area contributed by atoms with Gasteiger partial charge in [0.05, 0.1) is 6.61 Å². The molecule has 0 atom stereocenters. The SMILES string of the molecule is CC#CCOc1cccc(CO)c1. The molecule has 0 aliphatic carbocycles. The third kappa shape index (κ3) is 3.18. The summed E-state index contributed by atoms with van der Waals surface area (Å²) >= 11 is 0. The molecule has 0 unspecified atom stereocenters. The van der Waals surface area contributed by atoms with Gasteiger partial charge in [-0.05, 0) is 24.6 Å². The van der Waals surface area contributed by atoms with Crippen molar-refractivity contribution in [1.82, 2.24) is 0 Å². The second kappa shape index (κ2) is 5.23. The molecule has 0 aliphatic heterocycles. The van der Waals surface area contributed by atoms with E-state index in [-0.39, 0.29) is 6.61 Å². The summed E-state index contributed by atoms with van der Waals surface area (Å²) in [5.41, 5.74) is 0.849. The quantitative estimate of drug-likeness (QED) is 0.708. The first-order valence-electron chi connectivity index (χ1n) is 4.09. The zero-order valence-corrected chi connectivity index (χ0v) is 7.58. The Morgan fingerprint density at radius 1 is 1.46 bits per heavy atom. The summed E-state index contributed by atoms with van der Waals surface area (Å²) in [6.07, 6.45) is 0. The fourth-order valence-electron chi connectivity index (χ4n) is 0.925. The van der Waals surface area contributed by atoms with Crippen LogP contribution in [0.5, 0.6) is 5.75 Å². The molecule has 0 amide bonds. The molecule has 0 radical (unpaired) electrons. The van der Waals surface area contributed by atoms with Crippen LogP contribution < -0.4 is 4.74 Å². The number of hydrogen-bond donors (Lipinski definition) is 1. The van der Waals surface area contributed by atoms with Crippen LogP contribution >= 0.6 is 0 Å². The predicted octanol–water partition coefficient (Wildman–Crippen LogP) is 1.58. The van der Waals surface area contributed by atoms with Crippen molar-refractivity contribution in [3.8, 4) is 17.6 Å². The lowest BCUT2D eigenvalue weighted by molar-refractivity contribution is 0.280. The van der Waals surface area contributed by atoms with Crippen molar-refractivity contribution in [2.45, 2.75) is 13.5 Å². The van der Waals surface area contributed by atoms with Crippen LogP contribution in [0.3, 0.4) is 0 Å². The summed E-state index contributed by atoms with van der Waals surface area (Å²) in [6, 6.07) is 7.34. The molecule has 1 aromatic rings. The van der Waals surface area contributed by atoms with E-state index < -0.39 is 0 Å². The number of aliphatic hydroxyl groups excluding tert-OH is 1. The molecule has 68 valence electrons. The molecule has 2 nitrogen and oxygen atoms in total. The van der Waals surface area contributed by atoms with E-state index in [0.29, 0.717) is 6.61 Å². The molecule has 1 aromatic carbocycles. The Bertz CT molecular complexity index is 320. The first-order chi connectivity index (χ1) is 6.36. The van der Waals surface area contributed by atoms with Gasteiger partial charge in [-0.1, -0.05) is 18.1 Å². The molecule has 0 aliphatic rings. The zero-order chi connectivity index (χ0) is 9.52. The lowest BCUT2D eigenvalue weighted by Crippen LogP contribution is -1.94. The van der Waals surface area contributed by atoms with E-state index in [4.69, 9.17) is 9.84 Å². The van der Waals surface area contributed by atoms with Crippen molar-refractivity contribution in [2.24, 2.45) is 0 Å². The molecule has 2 heteroatoms. The van der Waals surface area contributed by atoms with Gasteiger partial charge in [-0.25, -0.2) is 0 Å². The van der Waals surface area contributed by atoms with Crippen LogP contribution in [0.15, 0.2) is 24.3 Å². The Labute approximate surface area is 78.2 Å². The molecule has 0 spiro atoms. The van der Waals surface area contributed by atoms with E-state index >= 15 is 0 Å². The van der Waals surface area contributed by atoms with Crippen molar-refractivity contribution in [3.63, 3.8) is 0 Å². The first kappa shape index (κ1) is 9.63. The van der Waals surface area contributed by atoms with Crippen molar-refractivity contribution in [2.75, 3.05) is 6.61 Å². The summed E-state index contributed by atoms with van der Waals surface area (Å²) in [4.78, 5) is 0. The number of benzene rings is 1. The molecule has 0 bridgehead atoms. The Balaban J connectivity index is 2.59. The molecule has 1 N–H and O–H groups in total. The van der Waals surface area contributed by atoms with Crippen LogP contribution in [-0.2, 0) is 6.61 Å². The van der Waals surface area contributed by atoms with Crippen LogP contribution in [-0.4, -0.2) is 11.7 Å². The van der Waals surface area contributed by atoms with Gasteiger partial charge in [-0.2, -0.15) is 0 Å². The topological polar surface area (TPSA) is 29.5 Å². The maximum absolute atomic E-state index is 8.85. The number of hydrogen-bond acceptors (Lipinski definition) is 2. The molecule has 0 fully saturated rings. The second-order valence-electron chi connectivity index (χ2n) is 2.52. The van der Waals surface area contributed by atoms with Gasteiger partial charge in [0.25, 0.3) is 0 Å². The fourth-order valence-corrected chi connectivity index (χ4v) is 0.925. The normalized spacial score (nSPS) is 8.77. The smallest absolute Gasteiger partial charge is 0.149 e. The van der Waals surface area contributed by atoms with Gasteiger partial charge >= 0.3 is 0 Å². The minimum absolute atomic E-state index is 0.0383. The number of ether oxygens (including phenoxy) is 1. The average molecular weight is 176 g/mol. The summed E-state index contributed by atoms with van der Waals surface area (Å²) in [5, 5.41) is 8.85. The average Bonchev–Trinajstić information content (AvgIpc) is 2.19. The summed E-state index contributed by atoms with van der Waals surface area (Å²) in [6.45, 7) is 2.20. The second-order valence-corrected chi connectivity index (χ2v) is 2.52. The highest BCUT2D eigenvalue weighted by atomic mass is 16.5. The van der Waals surface area contributed by atoms with Gasteiger partial charge in [0.15, 0.2) is 0 Å². The maximum Gasteiger partial charge on any atom is 0.149 e. The molecule has 1 rings (SSSR count). The number of rotatable bonds is 3. The van der Waals surface area contributed by atoms with Crippen LogP contribution in [0.2, 0.25) is 0 Å².